The molecule has 1 unspecified atom stereocenters. The van der Waals surface area contributed by atoms with Gasteiger partial charge >= 0.3 is 0 Å². The van der Waals surface area contributed by atoms with Crippen molar-refractivity contribution >= 4 is 23.2 Å². The van der Waals surface area contributed by atoms with E-state index >= 15 is 0 Å². The molecule has 0 radical (unpaired) electrons. The van der Waals surface area contributed by atoms with Gasteiger partial charge in [-0.15, -0.1) is 11.3 Å². The van der Waals surface area contributed by atoms with Gasteiger partial charge in [0.15, 0.2) is 0 Å². The van der Waals surface area contributed by atoms with Crippen LogP contribution in [-0.2, 0) is 9.59 Å². The fourth-order valence-corrected chi connectivity index (χ4v) is 4.44. The molecule has 0 N–H and O–H groups in total. The standard InChI is InChI=1S/C18H27N3O2S/c1-11(16-12(2)24-13(3)19-16)20(4)17(22)15-7-9-21(10-8-15)18(23)14-5-6-14/h11,14-15H,5-10H2,1-4H3. The van der Waals surface area contributed by atoms with E-state index in [9.17, 15) is 9.59 Å². The van der Waals surface area contributed by atoms with Crippen molar-refractivity contribution < 1.29 is 9.59 Å². The summed E-state index contributed by atoms with van der Waals surface area (Å²) in [6.45, 7) is 7.57. The average molecular weight is 350 g/mol. The number of likely N-dealkylation sites (tertiary alicyclic amines) is 1. The van der Waals surface area contributed by atoms with Crippen molar-refractivity contribution in [2.24, 2.45) is 11.8 Å². The topological polar surface area (TPSA) is 53.5 Å². The number of aryl methyl sites for hydroxylation is 2. The molecule has 132 valence electrons. The lowest BCUT2D eigenvalue weighted by molar-refractivity contribution is -0.141. The third kappa shape index (κ3) is 3.48. The molecule has 6 heteroatoms. The van der Waals surface area contributed by atoms with Crippen LogP contribution < -0.4 is 0 Å². The largest absolute Gasteiger partial charge is 0.342 e. The van der Waals surface area contributed by atoms with Gasteiger partial charge in [-0.25, -0.2) is 4.98 Å². The van der Waals surface area contributed by atoms with Gasteiger partial charge in [-0.2, -0.15) is 0 Å². The molecule has 1 aromatic heterocycles. The second-order valence-electron chi connectivity index (χ2n) is 7.17. The van der Waals surface area contributed by atoms with Crippen molar-refractivity contribution in [3.63, 3.8) is 0 Å². The summed E-state index contributed by atoms with van der Waals surface area (Å²) < 4.78 is 0. The van der Waals surface area contributed by atoms with Crippen molar-refractivity contribution in [1.82, 2.24) is 14.8 Å². The zero-order chi connectivity index (χ0) is 17.4. The maximum absolute atomic E-state index is 12.9. The van der Waals surface area contributed by atoms with E-state index in [0.29, 0.717) is 5.91 Å². The van der Waals surface area contributed by atoms with E-state index in [1.54, 1.807) is 11.3 Å². The number of hydrogen-bond acceptors (Lipinski definition) is 4. The lowest BCUT2D eigenvalue weighted by atomic mass is 9.94. The molecule has 2 aliphatic rings. The van der Waals surface area contributed by atoms with E-state index in [0.717, 1.165) is 49.5 Å². The normalized spacial score (nSPS) is 20.1. The molecule has 1 atom stereocenters. The van der Waals surface area contributed by atoms with Crippen LogP contribution in [0.5, 0.6) is 0 Å². The summed E-state index contributed by atoms with van der Waals surface area (Å²) in [5.41, 5.74) is 1.01. The third-order valence-corrected chi connectivity index (χ3v) is 6.25. The van der Waals surface area contributed by atoms with Crippen LogP contribution in [0.25, 0.3) is 0 Å². The summed E-state index contributed by atoms with van der Waals surface area (Å²) in [6.07, 6.45) is 3.65. The first-order chi connectivity index (χ1) is 11.4. The first-order valence-corrected chi connectivity index (χ1v) is 9.69. The highest BCUT2D eigenvalue weighted by atomic mass is 32.1. The number of rotatable bonds is 4. The molecule has 1 aliphatic heterocycles. The molecular weight excluding hydrogens is 322 g/mol. The maximum Gasteiger partial charge on any atom is 0.226 e. The van der Waals surface area contributed by atoms with Crippen LogP contribution >= 0.6 is 11.3 Å². The van der Waals surface area contributed by atoms with E-state index in [-0.39, 0.29) is 23.8 Å². The van der Waals surface area contributed by atoms with Crippen LogP contribution in [0.2, 0.25) is 0 Å². The molecule has 2 amide bonds. The predicted octanol–water partition coefficient (Wildman–Crippen LogP) is 2.93. The second-order valence-corrected chi connectivity index (χ2v) is 8.58. The lowest BCUT2D eigenvalue weighted by Gasteiger charge is -2.35. The van der Waals surface area contributed by atoms with Crippen LogP contribution in [-0.4, -0.2) is 46.7 Å². The van der Waals surface area contributed by atoms with E-state index in [2.05, 4.69) is 11.9 Å². The van der Waals surface area contributed by atoms with E-state index in [1.165, 1.54) is 4.88 Å². The van der Waals surface area contributed by atoms with Crippen molar-refractivity contribution in [2.45, 2.75) is 52.5 Å². The Balaban J connectivity index is 1.58. The Morgan fingerprint density at radius 3 is 2.29 bits per heavy atom. The minimum atomic E-state index is -0.00595. The smallest absolute Gasteiger partial charge is 0.226 e. The fourth-order valence-electron chi connectivity index (χ4n) is 3.53. The molecule has 3 rings (SSSR count). The first-order valence-electron chi connectivity index (χ1n) is 8.88. The van der Waals surface area contributed by atoms with Crippen LogP contribution in [0.1, 0.15) is 54.2 Å². The quantitative estimate of drug-likeness (QED) is 0.840. The zero-order valence-corrected chi connectivity index (χ0v) is 15.9. The van der Waals surface area contributed by atoms with Crippen LogP contribution in [0.15, 0.2) is 0 Å². The molecule has 1 saturated heterocycles. The predicted molar refractivity (Wildman–Crippen MR) is 94.8 cm³/mol. The maximum atomic E-state index is 12.9. The molecule has 1 aliphatic carbocycles. The Morgan fingerprint density at radius 1 is 1.17 bits per heavy atom. The third-order valence-electron chi connectivity index (χ3n) is 5.35. The molecule has 2 fully saturated rings. The number of carbonyl (C=O) groups is 2. The minimum absolute atomic E-state index is 0.00595. The van der Waals surface area contributed by atoms with Crippen molar-refractivity contribution in [1.29, 1.82) is 0 Å². The Labute approximate surface area is 148 Å². The van der Waals surface area contributed by atoms with E-state index in [4.69, 9.17) is 0 Å². The summed E-state index contributed by atoms with van der Waals surface area (Å²) in [5.74, 6) is 0.791. The zero-order valence-electron chi connectivity index (χ0n) is 15.0. The van der Waals surface area contributed by atoms with Crippen LogP contribution in [0, 0.1) is 25.7 Å². The Hall–Kier alpha value is -1.43. The van der Waals surface area contributed by atoms with Gasteiger partial charge in [0.25, 0.3) is 0 Å². The number of hydrogen-bond donors (Lipinski definition) is 0. The van der Waals surface area contributed by atoms with Gasteiger partial charge in [-0.1, -0.05) is 0 Å². The van der Waals surface area contributed by atoms with Crippen molar-refractivity contribution in [2.75, 3.05) is 20.1 Å². The highest BCUT2D eigenvalue weighted by Crippen LogP contribution is 2.33. The van der Waals surface area contributed by atoms with Gasteiger partial charge in [-0.05, 0) is 46.5 Å². The molecule has 0 spiro atoms. The fraction of sp³-hybridized carbons (Fsp3) is 0.722. The van der Waals surface area contributed by atoms with Gasteiger partial charge in [0.05, 0.1) is 16.7 Å². The van der Waals surface area contributed by atoms with E-state index < -0.39 is 0 Å². The summed E-state index contributed by atoms with van der Waals surface area (Å²) in [4.78, 5) is 34.6. The highest BCUT2D eigenvalue weighted by Gasteiger charge is 2.37. The van der Waals surface area contributed by atoms with Gasteiger partial charge in [0.1, 0.15) is 0 Å². The number of nitrogens with zero attached hydrogens (tertiary/aromatic N) is 3. The molecule has 5 nitrogen and oxygen atoms in total. The van der Waals surface area contributed by atoms with Gasteiger partial charge in [-0.3, -0.25) is 9.59 Å². The van der Waals surface area contributed by atoms with Gasteiger partial charge in [0, 0.05) is 36.9 Å². The Morgan fingerprint density at radius 2 is 1.79 bits per heavy atom. The summed E-state index contributed by atoms with van der Waals surface area (Å²) in [6, 6.07) is -0.00595. The Bertz CT molecular complexity index is 630. The summed E-state index contributed by atoms with van der Waals surface area (Å²) >= 11 is 1.68. The van der Waals surface area contributed by atoms with Crippen molar-refractivity contribution in [3.8, 4) is 0 Å². The molecule has 0 bridgehead atoms. The highest BCUT2D eigenvalue weighted by molar-refractivity contribution is 7.11. The lowest BCUT2D eigenvalue weighted by Crippen LogP contribution is -2.44. The Kier molecular flexibility index (Phi) is 4.95. The first kappa shape index (κ1) is 17.4. The SMILES string of the molecule is Cc1nc(C(C)N(C)C(=O)C2CCN(C(=O)C3CC3)CC2)c(C)s1. The number of carbonyl (C=O) groups excluding carboxylic acids is 2. The second kappa shape index (κ2) is 6.82. The van der Waals surface area contributed by atoms with Gasteiger partial charge < -0.3 is 9.80 Å². The molecule has 2 heterocycles. The monoisotopic (exact) mass is 349 g/mol. The van der Waals surface area contributed by atoms with Crippen molar-refractivity contribution in [3.05, 3.63) is 15.6 Å². The molecule has 24 heavy (non-hydrogen) atoms. The average Bonchev–Trinajstić information content (AvgIpc) is 3.37. The van der Waals surface area contributed by atoms with Gasteiger partial charge in [0.2, 0.25) is 11.8 Å². The number of amides is 2. The molecule has 0 aromatic carbocycles. The summed E-state index contributed by atoms with van der Waals surface area (Å²) in [7, 11) is 1.88. The molecule has 1 aromatic rings. The number of piperidine rings is 1. The number of aromatic nitrogens is 1. The van der Waals surface area contributed by atoms with E-state index in [1.807, 2.05) is 30.7 Å². The minimum Gasteiger partial charge on any atom is -0.342 e. The van der Waals surface area contributed by atoms with Crippen LogP contribution in [0.3, 0.4) is 0 Å². The number of thiazole rings is 1. The van der Waals surface area contributed by atoms with Crippen LogP contribution in [0.4, 0.5) is 0 Å². The molecule has 1 saturated carbocycles. The summed E-state index contributed by atoms with van der Waals surface area (Å²) in [5, 5.41) is 1.04. The molecular formula is C18H27N3O2S.